The molecule has 1 aliphatic heterocycles. The van der Waals surface area contributed by atoms with Gasteiger partial charge in [0.25, 0.3) is 0 Å². The Kier molecular flexibility index (Phi) is 2.38. The van der Waals surface area contributed by atoms with Gasteiger partial charge in [0.05, 0.1) is 17.3 Å². The number of aryl methyl sites for hydroxylation is 1. The summed E-state index contributed by atoms with van der Waals surface area (Å²) in [5.41, 5.74) is 6.24. The van der Waals surface area contributed by atoms with E-state index in [1.165, 1.54) is 6.42 Å². The smallest absolute Gasteiger partial charge is 0.0994 e. The number of nitriles is 1. The lowest BCUT2D eigenvalue weighted by atomic mass is 10.1. The van der Waals surface area contributed by atoms with Crippen LogP contribution in [0.25, 0.3) is 0 Å². The summed E-state index contributed by atoms with van der Waals surface area (Å²) >= 11 is 0. The van der Waals surface area contributed by atoms with Gasteiger partial charge in [0.2, 0.25) is 0 Å². The van der Waals surface area contributed by atoms with Crippen LogP contribution >= 0.6 is 0 Å². The predicted molar refractivity (Wildman–Crippen MR) is 55.9 cm³/mol. The van der Waals surface area contributed by atoms with E-state index in [4.69, 9.17) is 5.26 Å². The zero-order valence-corrected chi connectivity index (χ0v) is 8.25. The van der Waals surface area contributed by atoms with Gasteiger partial charge < -0.3 is 5.01 Å². The largest absolute Gasteiger partial charge is 0.308 e. The molecular formula is C11H13N3. The van der Waals surface area contributed by atoms with E-state index >= 15 is 0 Å². The van der Waals surface area contributed by atoms with Crippen LogP contribution in [0.1, 0.15) is 17.5 Å². The summed E-state index contributed by atoms with van der Waals surface area (Å²) in [6.07, 6.45) is 1.18. The summed E-state index contributed by atoms with van der Waals surface area (Å²) in [5, 5.41) is 10.9. The highest BCUT2D eigenvalue weighted by atomic mass is 15.5. The van der Waals surface area contributed by atoms with Crippen molar-refractivity contribution < 1.29 is 0 Å². The molecule has 3 nitrogen and oxygen atoms in total. The SMILES string of the molecule is Cc1cc(N2CCCN2)ccc1C#N. The fourth-order valence-electron chi connectivity index (χ4n) is 1.69. The Morgan fingerprint density at radius 1 is 1.50 bits per heavy atom. The van der Waals surface area contributed by atoms with Crippen molar-refractivity contribution in [3.8, 4) is 6.07 Å². The second-order valence-corrected chi connectivity index (χ2v) is 3.52. The monoisotopic (exact) mass is 187 g/mol. The summed E-state index contributed by atoms with van der Waals surface area (Å²) in [5.74, 6) is 0. The van der Waals surface area contributed by atoms with Crippen LogP contribution in [0, 0.1) is 18.3 Å². The number of nitrogens with zero attached hydrogens (tertiary/aromatic N) is 2. The predicted octanol–water partition coefficient (Wildman–Crippen LogP) is 1.58. The molecule has 72 valence electrons. The first-order chi connectivity index (χ1) is 6.81. The van der Waals surface area contributed by atoms with E-state index in [0.29, 0.717) is 0 Å². The number of rotatable bonds is 1. The summed E-state index contributed by atoms with van der Waals surface area (Å²) in [7, 11) is 0. The first-order valence-electron chi connectivity index (χ1n) is 4.83. The maximum Gasteiger partial charge on any atom is 0.0994 e. The highest BCUT2D eigenvalue weighted by Crippen LogP contribution is 2.19. The van der Waals surface area contributed by atoms with Crippen molar-refractivity contribution in [3.63, 3.8) is 0 Å². The number of hydrogen-bond acceptors (Lipinski definition) is 3. The molecule has 0 amide bonds. The molecule has 0 atom stereocenters. The molecule has 1 saturated heterocycles. The van der Waals surface area contributed by atoms with Crippen LogP contribution in [-0.2, 0) is 0 Å². The van der Waals surface area contributed by atoms with Crippen LogP contribution in [0.2, 0.25) is 0 Å². The first-order valence-corrected chi connectivity index (χ1v) is 4.83. The minimum absolute atomic E-state index is 0.757. The van der Waals surface area contributed by atoms with Crippen molar-refractivity contribution in [2.24, 2.45) is 0 Å². The lowest BCUT2D eigenvalue weighted by Crippen LogP contribution is -2.30. The maximum atomic E-state index is 8.80. The highest BCUT2D eigenvalue weighted by Gasteiger charge is 2.11. The number of nitrogens with one attached hydrogen (secondary N) is 1. The van der Waals surface area contributed by atoms with Crippen molar-refractivity contribution >= 4 is 5.69 Å². The van der Waals surface area contributed by atoms with Crippen molar-refractivity contribution in [1.82, 2.24) is 5.43 Å². The molecule has 0 spiro atoms. The zero-order valence-electron chi connectivity index (χ0n) is 8.25. The fourth-order valence-corrected chi connectivity index (χ4v) is 1.69. The Balaban J connectivity index is 2.28. The van der Waals surface area contributed by atoms with Gasteiger partial charge >= 0.3 is 0 Å². The van der Waals surface area contributed by atoms with Gasteiger partial charge in [0.1, 0.15) is 0 Å². The number of hydrogen-bond donors (Lipinski definition) is 1. The third kappa shape index (κ3) is 1.57. The average molecular weight is 187 g/mol. The maximum absolute atomic E-state index is 8.80. The van der Waals surface area contributed by atoms with Gasteiger partial charge in [-0.1, -0.05) is 0 Å². The van der Waals surface area contributed by atoms with Gasteiger partial charge in [0.15, 0.2) is 0 Å². The quantitative estimate of drug-likeness (QED) is 0.725. The van der Waals surface area contributed by atoms with E-state index in [9.17, 15) is 0 Å². The molecule has 1 aromatic carbocycles. The standard InChI is InChI=1S/C11H13N3/c1-9-7-11(4-3-10(9)8-12)14-6-2-5-13-14/h3-4,7,13H,2,5-6H2,1H3. The van der Waals surface area contributed by atoms with Crippen LogP contribution in [0.15, 0.2) is 18.2 Å². The van der Waals surface area contributed by atoms with E-state index in [1.807, 2.05) is 19.1 Å². The Morgan fingerprint density at radius 2 is 2.36 bits per heavy atom. The third-order valence-electron chi connectivity index (χ3n) is 2.50. The number of benzene rings is 1. The molecule has 1 N–H and O–H groups in total. The van der Waals surface area contributed by atoms with Crippen molar-refractivity contribution in [3.05, 3.63) is 29.3 Å². The number of hydrazine groups is 1. The van der Waals surface area contributed by atoms with E-state index < -0.39 is 0 Å². The third-order valence-corrected chi connectivity index (χ3v) is 2.50. The summed E-state index contributed by atoms with van der Waals surface area (Å²) in [6, 6.07) is 8.10. The molecule has 3 heteroatoms. The second kappa shape index (κ2) is 3.69. The lowest BCUT2D eigenvalue weighted by Gasteiger charge is -2.18. The van der Waals surface area contributed by atoms with Crippen LogP contribution in [0.3, 0.4) is 0 Å². The van der Waals surface area contributed by atoms with Gasteiger partial charge in [-0.25, -0.2) is 5.43 Å². The normalized spacial score (nSPS) is 15.6. The number of anilines is 1. The molecule has 0 unspecified atom stereocenters. The lowest BCUT2D eigenvalue weighted by molar-refractivity contribution is 0.787. The molecule has 0 saturated carbocycles. The Morgan fingerprint density at radius 3 is 2.93 bits per heavy atom. The average Bonchev–Trinajstić information content (AvgIpc) is 2.70. The molecule has 1 aliphatic rings. The molecule has 0 radical (unpaired) electrons. The fraction of sp³-hybridized carbons (Fsp3) is 0.364. The Bertz CT molecular complexity index is 373. The van der Waals surface area contributed by atoms with Gasteiger partial charge in [-0.3, -0.25) is 0 Å². The van der Waals surface area contributed by atoms with Crippen LogP contribution in [0.5, 0.6) is 0 Å². The molecular weight excluding hydrogens is 174 g/mol. The van der Waals surface area contributed by atoms with E-state index in [0.717, 1.165) is 29.9 Å². The topological polar surface area (TPSA) is 39.1 Å². The molecule has 0 aliphatic carbocycles. The summed E-state index contributed by atoms with van der Waals surface area (Å²) in [6.45, 7) is 4.06. The minimum atomic E-state index is 0.757. The van der Waals surface area contributed by atoms with Crippen molar-refractivity contribution in [2.75, 3.05) is 18.1 Å². The molecule has 1 aromatic rings. The molecule has 14 heavy (non-hydrogen) atoms. The van der Waals surface area contributed by atoms with Gasteiger partial charge in [-0.15, -0.1) is 0 Å². The van der Waals surface area contributed by atoms with E-state index in [2.05, 4.69) is 22.6 Å². The van der Waals surface area contributed by atoms with Crippen molar-refractivity contribution in [1.29, 1.82) is 5.26 Å². The molecule has 2 rings (SSSR count). The second-order valence-electron chi connectivity index (χ2n) is 3.52. The van der Waals surface area contributed by atoms with Crippen LogP contribution in [-0.4, -0.2) is 13.1 Å². The van der Waals surface area contributed by atoms with Crippen molar-refractivity contribution in [2.45, 2.75) is 13.3 Å². The van der Waals surface area contributed by atoms with Gasteiger partial charge in [-0.05, 0) is 37.1 Å². The van der Waals surface area contributed by atoms with E-state index in [-0.39, 0.29) is 0 Å². The summed E-state index contributed by atoms with van der Waals surface area (Å²) < 4.78 is 0. The molecule has 1 fully saturated rings. The Hall–Kier alpha value is -1.53. The first kappa shape index (κ1) is 9.04. The van der Waals surface area contributed by atoms with Crippen LogP contribution < -0.4 is 10.4 Å². The van der Waals surface area contributed by atoms with Crippen LogP contribution in [0.4, 0.5) is 5.69 Å². The highest BCUT2D eigenvalue weighted by molar-refractivity contribution is 5.53. The molecule has 0 bridgehead atoms. The van der Waals surface area contributed by atoms with Gasteiger partial charge in [-0.2, -0.15) is 5.26 Å². The minimum Gasteiger partial charge on any atom is -0.308 e. The van der Waals surface area contributed by atoms with Gasteiger partial charge in [0, 0.05) is 13.1 Å². The Labute approximate surface area is 83.9 Å². The molecule has 1 heterocycles. The molecule has 0 aromatic heterocycles. The summed E-state index contributed by atoms with van der Waals surface area (Å²) in [4.78, 5) is 0. The zero-order chi connectivity index (χ0) is 9.97. The van der Waals surface area contributed by atoms with E-state index in [1.54, 1.807) is 0 Å².